The maximum absolute atomic E-state index is 10.4. The molecule has 0 aromatic heterocycles. The molecule has 2 aromatic rings. The van der Waals surface area contributed by atoms with E-state index in [1.165, 1.54) is 0 Å². The standard InChI is InChI=1S/C14H11ClO/c15-14-7-5-13(6-8-14)12-3-1-11(2-4-12)9-10-16/h1-8,10H,9H2. The fraction of sp³-hybridized carbons (Fsp3) is 0.0714. The van der Waals surface area contributed by atoms with Gasteiger partial charge in [-0.25, -0.2) is 0 Å². The number of carbonyl (C=O) groups is 1. The van der Waals surface area contributed by atoms with Gasteiger partial charge in [-0.3, -0.25) is 0 Å². The van der Waals surface area contributed by atoms with Crippen molar-refractivity contribution in [2.24, 2.45) is 0 Å². The average Bonchev–Trinajstić information content (AvgIpc) is 2.32. The predicted molar refractivity (Wildman–Crippen MR) is 66.7 cm³/mol. The van der Waals surface area contributed by atoms with Crippen LogP contribution in [0.25, 0.3) is 11.1 Å². The highest BCUT2D eigenvalue weighted by atomic mass is 35.5. The highest BCUT2D eigenvalue weighted by Crippen LogP contribution is 2.21. The number of hydrogen-bond acceptors (Lipinski definition) is 1. The Labute approximate surface area is 99.7 Å². The Kier molecular flexibility index (Phi) is 3.37. The Balaban J connectivity index is 2.27. The summed E-state index contributed by atoms with van der Waals surface area (Å²) in [5.41, 5.74) is 3.29. The zero-order chi connectivity index (χ0) is 11.4. The second kappa shape index (κ2) is 4.95. The predicted octanol–water partition coefficient (Wildman–Crippen LogP) is 3.75. The van der Waals surface area contributed by atoms with Gasteiger partial charge in [-0.15, -0.1) is 0 Å². The topological polar surface area (TPSA) is 17.1 Å². The second-order valence-electron chi connectivity index (χ2n) is 3.57. The first-order valence-electron chi connectivity index (χ1n) is 5.08. The van der Waals surface area contributed by atoms with E-state index in [0.29, 0.717) is 6.42 Å². The lowest BCUT2D eigenvalue weighted by molar-refractivity contribution is -0.107. The van der Waals surface area contributed by atoms with E-state index >= 15 is 0 Å². The van der Waals surface area contributed by atoms with Gasteiger partial charge in [0.25, 0.3) is 0 Å². The summed E-state index contributed by atoms with van der Waals surface area (Å²) in [6.45, 7) is 0. The van der Waals surface area contributed by atoms with Crippen LogP contribution in [0.1, 0.15) is 5.56 Å². The lowest BCUT2D eigenvalue weighted by Gasteiger charge is -2.02. The average molecular weight is 231 g/mol. The summed E-state index contributed by atoms with van der Waals surface area (Å²) < 4.78 is 0. The Hall–Kier alpha value is -1.60. The molecule has 16 heavy (non-hydrogen) atoms. The first kappa shape index (κ1) is 10.9. The van der Waals surface area contributed by atoms with Crippen molar-refractivity contribution in [2.75, 3.05) is 0 Å². The summed E-state index contributed by atoms with van der Waals surface area (Å²) in [7, 11) is 0. The monoisotopic (exact) mass is 230 g/mol. The number of halogens is 1. The number of aldehydes is 1. The molecule has 0 aliphatic heterocycles. The molecule has 0 bridgehead atoms. The molecule has 0 N–H and O–H groups in total. The fourth-order valence-electron chi connectivity index (χ4n) is 1.57. The van der Waals surface area contributed by atoms with Crippen molar-refractivity contribution < 1.29 is 4.79 Å². The molecule has 0 saturated heterocycles. The number of benzene rings is 2. The third-order valence-corrected chi connectivity index (χ3v) is 2.70. The third kappa shape index (κ3) is 2.50. The minimum atomic E-state index is 0.473. The van der Waals surface area contributed by atoms with Gasteiger partial charge < -0.3 is 4.79 Å². The van der Waals surface area contributed by atoms with Crippen LogP contribution in [0.3, 0.4) is 0 Å². The van der Waals surface area contributed by atoms with Crippen LogP contribution in [0.15, 0.2) is 48.5 Å². The van der Waals surface area contributed by atoms with Gasteiger partial charge in [0.15, 0.2) is 0 Å². The molecule has 0 aliphatic rings. The number of carbonyl (C=O) groups excluding carboxylic acids is 1. The Morgan fingerprint density at radius 3 is 1.88 bits per heavy atom. The Morgan fingerprint density at radius 1 is 0.875 bits per heavy atom. The molecule has 0 atom stereocenters. The van der Waals surface area contributed by atoms with Crippen molar-refractivity contribution in [2.45, 2.75) is 6.42 Å². The van der Waals surface area contributed by atoms with Crippen LogP contribution in [-0.2, 0) is 11.2 Å². The first-order chi connectivity index (χ1) is 7.79. The van der Waals surface area contributed by atoms with Gasteiger partial charge in [-0.05, 0) is 28.8 Å². The van der Waals surface area contributed by atoms with Gasteiger partial charge in [0, 0.05) is 11.4 Å². The quantitative estimate of drug-likeness (QED) is 0.734. The molecule has 0 amide bonds. The summed E-state index contributed by atoms with van der Waals surface area (Å²) in [4.78, 5) is 10.4. The molecule has 2 rings (SSSR count). The van der Waals surface area contributed by atoms with E-state index in [2.05, 4.69) is 0 Å². The van der Waals surface area contributed by atoms with Crippen LogP contribution in [-0.4, -0.2) is 6.29 Å². The molecule has 0 spiro atoms. The van der Waals surface area contributed by atoms with Crippen LogP contribution in [0, 0.1) is 0 Å². The van der Waals surface area contributed by atoms with Crippen LogP contribution in [0.5, 0.6) is 0 Å². The molecule has 0 unspecified atom stereocenters. The van der Waals surface area contributed by atoms with E-state index < -0.39 is 0 Å². The molecule has 2 heteroatoms. The fourth-order valence-corrected chi connectivity index (χ4v) is 1.70. The van der Waals surface area contributed by atoms with Crippen LogP contribution in [0.4, 0.5) is 0 Å². The highest BCUT2D eigenvalue weighted by Gasteiger charge is 1.97. The van der Waals surface area contributed by atoms with Crippen molar-refractivity contribution in [3.63, 3.8) is 0 Å². The molecule has 2 aromatic carbocycles. The van der Waals surface area contributed by atoms with E-state index in [4.69, 9.17) is 11.6 Å². The number of hydrogen-bond donors (Lipinski definition) is 0. The van der Waals surface area contributed by atoms with Crippen molar-refractivity contribution in [1.29, 1.82) is 0 Å². The van der Waals surface area contributed by atoms with E-state index in [0.717, 1.165) is 28.0 Å². The first-order valence-corrected chi connectivity index (χ1v) is 5.46. The smallest absolute Gasteiger partial charge is 0.124 e. The molecule has 0 aliphatic carbocycles. The molecule has 0 heterocycles. The summed E-state index contributed by atoms with van der Waals surface area (Å²) in [5, 5.41) is 0.737. The molecular weight excluding hydrogens is 220 g/mol. The van der Waals surface area contributed by atoms with Crippen molar-refractivity contribution >= 4 is 17.9 Å². The van der Waals surface area contributed by atoms with Crippen molar-refractivity contribution in [1.82, 2.24) is 0 Å². The van der Waals surface area contributed by atoms with Gasteiger partial charge >= 0.3 is 0 Å². The SMILES string of the molecule is O=CCc1ccc(-c2ccc(Cl)cc2)cc1. The highest BCUT2D eigenvalue weighted by molar-refractivity contribution is 6.30. The summed E-state index contributed by atoms with van der Waals surface area (Å²) in [6, 6.07) is 15.7. The lowest BCUT2D eigenvalue weighted by atomic mass is 10.0. The van der Waals surface area contributed by atoms with E-state index in [9.17, 15) is 4.79 Å². The number of rotatable bonds is 3. The van der Waals surface area contributed by atoms with Gasteiger partial charge in [-0.1, -0.05) is 48.0 Å². The van der Waals surface area contributed by atoms with E-state index in [1.54, 1.807) is 0 Å². The van der Waals surface area contributed by atoms with Crippen LogP contribution in [0.2, 0.25) is 5.02 Å². The van der Waals surface area contributed by atoms with Crippen molar-refractivity contribution in [3.05, 3.63) is 59.1 Å². The van der Waals surface area contributed by atoms with Gasteiger partial charge in [-0.2, -0.15) is 0 Å². The second-order valence-corrected chi connectivity index (χ2v) is 4.01. The lowest BCUT2D eigenvalue weighted by Crippen LogP contribution is -1.85. The maximum Gasteiger partial charge on any atom is 0.124 e. The normalized spacial score (nSPS) is 10.1. The zero-order valence-corrected chi connectivity index (χ0v) is 9.45. The maximum atomic E-state index is 10.4. The molecular formula is C14H11ClO. The Morgan fingerprint density at radius 2 is 1.38 bits per heavy atom. The molecule has 0 saturated carbocycles. The summed E-state index contributed by atoms with van der Waals surface area (Å²) in [6.07, 6.45) is 1.39. The van der Waals surface area contributed by atoms with Gasteiger partial charge in [0.2, 0.25) is 0 Å². The molecule has 1 nitrogen and oxygen atoms in total. The molecule has 0 fully saturated rings. The van der Waals surface area contributed by atoms with E-state index in [1.807, 2.05) is 48.5 Å². The zero-order valence-electron chi connectivity index (χ0n) is 8.69. The minimum Gasteiger partial charge on any atom is -0.303 e. The summed E-state index contributed by atoms with van der Waals surface area (Å²) >= 11 is 5.83. The van der Waals surface area contributed by atoms with Gasteiger partial charge in [0.1, 0.15) is 6.29 Å². The molecule has 80 valence electrons. The van der Waals surface area contributed by atoms with E-state index in [-0.39, 0.29) is 0 Å². The Bertz CT molecular complexity index is 471. The minimum absolute atomic E-state index is 0.473. The third-order valence-electron chi connectivity index (χ3n) is 2.45. The summed E-state index contributed by atoms with van der Waals surface area (Å²) in [5.74, 6) is 0. The van der Waals surface area contributed by atoms with Gasteiger partial charge in [0.05, 0.1) is 0 Å². The van der Waals surface area contributed by atoms with Crippen LogP contribution >= 0.6 is 11.6 Å². The largest absolute Gasteiger partial charge is 0.303 e. The van der Waals surface area contributed by atoms with Crippen LogP contribution < -0.4 is 0 Å². The van der Waals surface area contributed by atoms with Crippen molar-refractivity contribution in [3.8, 4) is 11.1 Å². The molecule has 0 radical (unpaired) electrons.